The third-order valence-electron chi connectivity index (χ3n) is 10.7. The van der Waals surface area contributed by atoms with E-state index in [-0.39, 0.29) is 43.4 Å². The minimum atomic E-state index is -1.37. The fourth-order valence-electron chi connectivity index (χ4n) is 8.44. The lowest BCUT2D eigenvalue weighted by Crippen LogP contribution is -2.57. The van der Waals surface area contributed by atoms with Crippen molar-refractivity contribution in [1.82, 2.24) is 15.1 Å². The molecule has 11 nitrogen and oxygen atoms in total. The fraction of sp³-hybridized carbons (Fsp3) is 0.622. The molecule has 4 aliphatic heterocycles. The molecule has 2 N–H and O–H groups in total. The van der Waals surface area contributed by atoms with Gasteiger partial charge in [0, 0.05) is 39.3 Å². The van der Waals surface area contributed by atoms with Crippen molar-refractivity contribution < 1.29 is 38.5 Å². The largest absolute Gasteiger partial charge is 0.455 e. The molecule has 1 aromatic rings. The normalized spacial score (nSPS) is 33.5. The van der Waals surface area contributed by atoms with Crippen LogP contribution in [-0.2, 0) is 33.4 Å². The number of benzene rings is 1. The molecule has 6 rings (SSSR count). The Hall–Kier alpha value is -3.54. The first-order chi connectivity index (χ1) is 23.4. The van der Waals surface area contributed by atoms with Crippen LogP contribution in [0.4, 0.5) is 0 Å². The molecule has 0 aromatic heterocycles. The Morgan fingerprint density at radius 1 is 1.00 bits per heavy atom. The summed E-state index contributed by atoms with van der Waals surface area (Å²) < 4.78 is 18.7. The number of amides is 3. The van der Waals surface area contributed by atoms with Crippen LogP contribution in [0, 0.1) is 11.8 Å². The summed E-state index contributed by atoms with van der Waals surface area (Å²) in [5, 5.41) is 12.4. The molecule has 1 saturated carbocycles. The Labute approximate surface area is 282 Å². The summed E-state index contributed by atoms with van der Waals surface area (Å²) in [6.07, 6.45) is 13.3. The zero-order valence-corrected chi connectivity index (χ0v) is 27.8. The lowest BCUT2D eigenvalue weighted by Gasteiger charge is -2.39. The van der Waals surface area contributed by atoms with Gasteiger partial charge in [0.25, 0.3) is 0 Å². The van der Waals surface area contributed by atoms with E-state index in [1.54, 1.807) is 11.0 Å². The number of aliphatic hydroxyl groups excluding tert-OH is 1. The van der Waals surface area contributed by atoms with Gasteiger partial charge in [-0.25, -0.2) is 0 Å². The predicted molar refractivity (Wildman–Crippen MR) is 176 cm³/mol. The summed E-state index contributed by atoms with van der Waals surface area (Å²) in [7, 11) is 1.53. The molecular formula is C37H49N3O8. The van der Waals surface area contributed by atoms with Gasteiger partial charge in [-0.3, -0.25) is 19.2 Å². The summed E-state index contributed by atoms with van der Waals surface area (Å²) in [6.45, 7) is 0.894. The summed E-state index contributed by atoms with van der Waals surface area (Å²) >= 11 is 0. The lowest BCUT2D eigenvalue weighted by molar-refractivity contribution is -0.162. The summed E-state index contributed by atoms with van der Waals surface area (Å²) in [5.74, 6) is -3.27. The van der Waals surface area contributed by atoms with Crippen LogP contribution in [0.3, 0.4) is 0 Å². The highest BCUT2D eigenvalue weighted by molar-refractivity contribution is 5.99. The number of fused-ring (bicyclic) bond motifs is 2. The highest BCUT2D eigenvalue weighted by atomic mass is 16.6. The third-order valence-corrected chi connectivity index (χ3v) is 10.7. The molecule has 0 bridgehead atoms. The first-order valence-electron chi connectivity index (χ1n) is 17.7. The Balaban J connectivity index is 1.40. The van der Waals surface area contributed by atoms with Crippen molar-refractivity contribution in [3.05, 3.63) is 60.2 Å². The van der Waals surface area contributed by atoms with E-state index in [0.717, 1.165) is 32.1 Å². The van der Waals surface area contributed by atoms with E-state index in [0.29, 0.717) is 44.3 Å². The second-order valence-corrected chi connectivity index (χ2v) is 13.7. The smallest absolute Gasteiger partial charge is 0.313 e. The number of rotatable bonds is 9. The maximum Gasteiger partial charge on any atom is 0.313 e. The number of unbranched alkanes of at least 4 members (excludes halogenated alkanes) is 2. The average molecular weight is 664 g/mol. The van der Waals surface area contributed by atoms with Crippen LogP contribution in [0.2, 0.25) is 0 Å². The molecule has 4 heterocycles. The van der Waals surface area contributed by atoms with Gasteiger partial charge in [-0.05, 0) is 44.1 Å². The van der Waals surface area contributed by atoms with Crippen molar-refractivity contribution in [1.29, 1.82) is 0 Å². The molecule has 11 heteroatoms. The van der Waals surface area contributed by atoms with Gasteiger partial charge in [0.2, 0.25) is 17.7 Å². The number of hydrogen-bond donors (Lipinski definition) is 2. The van der Waals surface area contributed by atoms with Gasteiger partial charge in [-0.2, -0.15) is 0 Å². The molecule has 1 spiro atoms. The third kappa shape index (κ3) is 6.69. The Morgan fingerprint density at radius 2 is 1.79 bits per heavy atom. The van der Waals surface area contributed by atoms with Gasteiger partial charge in [-0.1, -0.05) is 73.9 Å². The van der Waals surface area contributed by atoms with Crippen LogP contribution >= 0.6 is 0 Å². The van der Waals surface area contributed by atoms with Crippen LogP contribution in [0.15, 0.2) is 54.6 Å². The zero-order valence-electron chi connectivity index (χ0n) is 27.8. The standard InChI is InChI=1S/C37H49N3O8/c1-46-24-27-32(25-14-5-2-6-15-25)47-36(45)30-28(18-9-10-19-29(42)38-27)48-37-20-13-22-39(26-16-7-3-8-17-26)35(44)33(37)40(34(43)31(30)37)21-11-4-12-23-41/h2,5-6,9,13-15,18,20,26-28,30-33,41H,3-4,7-8,10-12,16-17,19,21-24H2,1H3,(H,38,42)/b18-9-/t27-,28-,30+,31+,32-,33-,37+/m0/s1. The molecule has 3 amide bonds. The Morgan fingerprint density at radius 3 is 2.54 bits per heavy atom. The van der Waals surface area contributed by atoms with E-state index in [2.05, 4.69) is 5.32 Å². The van der Waals surface area contributed by atoms with Crippen LogP contribution in [0.5, 0.6) is 0 Å². The van der Waals surface area contributed by atoms with Gasteiger partial charge in [0.15, 0.2) is 0 Å². The zero-order chi connectivity index (χ0) is 33.7. The first-order valence-corrected chi connectivity index (χ1v) is 17.7. The summed E-state index contributed by atoms with van der Waals surface area (Å²) in [5.41, 5.74) is -0.685. The molecule has 260 valence electrons. The molecule has 3 fully saturated rings. The van der Waals surface area contributed by atoms with Crippen LogP contribution in [0.1, 0.15) is 75.9 Å². The number of nitrogens with zero attached hydrogens (tertiary/aromatic N) is 2. The molecule has 1 aliphatic carbocycles. The number of likely N-dealkylation sites (tertiary alicyclic amines) is 1. The quantitative estimate of drug-likeness (QED) is 0.234. The van der Waals surface area contributed by atoms with E-state index >= 15 is 0 Å². The maximum atomic E-state index is 14.7. The van der Waals surface area contributed by atoms with Crippen molar-refractivity contribution in [2.24, 2.45) is 11.8 Å². The predicted octanol–water partition coefficient (Wildman–Crippen LogP) is 3.23. The molecule has 5 aliphatic rings. The molecule has 0 unspecified atom stereocenters. The molecule has 48 heavy (non-hydrogen) atoms. The molecular weight excluding hydrogens is 614 g/mol. The Kier molecular flexibility index (Phi) is 11.0. The van der Waals surface area contributed by atoms with Gasteiger partial charge in [-0.15, -0.1) is 0 Å². The average Bonchev–Trinajstić information content (AvgIpc) is 3.48. The van der Waals surface area contributed by atoms with Crippen molar-refractivity contribution in [2.45, 2.75) is 100 Å². The van der Waals surface area contributed by atoms with Gasteiger partial charge in [0.05, 0.1) is 24.7 Å². The first kappa shape index (κ1) is 34.3. The number of esters is 1. The van der Waals surface area contributed by atoms with E-state index < -0.39 is 47.7 Å². The number of aliphatic hydroxyl groups is 1. The van der Waals surface area contributed by atoms with Crippen LogP contribution in [-0.4, -0.2) is 102 Å². The van der Waals surface area contributed by atoms with Crippen molar-refractivity contribution in [3.63, 3.8) is 0 Å². The highest BCUT2D eigenvalue weighted by Gasteiger charge is 2.72. The van der Waals surface area contributed by atoms with Crippen LogP contribution in [0.25, 0.3) is 0 Å². The number of nitrogens with one attached hydrogen (secondary N) is 1. The van der Waals surface area contributed by atoms with Gasteiger partial charge >= 0.3 is 5.97 Å². The SMILES string of the molecule is COC[C@@H]1NC(=O)CC/C=C\[C@@H]2O[C@@]34C=CCN(C5CCCCC5)C(=O)[C@@H]3N(CCCCCO)C(=O)[C@H]4[C@@H]2C(=O)O[C@H]1c1ccccc1. The van der Waals surface area contributed by atoms with Gasteiger partial charge < -0.3 is 34.4 Å². The number of hydrogen-bond acceptors (Lipinski definition) is 8. The van der Waals surface area contributed by atoms with Crippen molar-refractivity contribution >= 4 is 23.7 Å². The Bertz CT molecular complexity index is 1380. The highest BCUT2D eigenvalue weighted by Crippen LogP contribution is 2.53. The number of methoxy groups -OCH3 is 1. The van der Waals surface area contributed by atoms with Crippen LogP contribution < -0.4 is 5.32 Å². The molecule has 2 saturated heterocycles. The minimum Gasteiger partial charge on any atom is -0.455 e. The second kappa shape index (κ2) is 15.3. The number of carbonyl (C=O) groups excluding carboxylic acids is 4. The minimum absolute atomic E-state index is 0.0548. The van der Waals surface area contributed by atoms with E-state index in [4.69, 9.17) is 14.2 Å². The summed E-state index contributed by atoms with van der Waals surface area (Å²) in [6, 6.07) is 7.69. The van der Waals surface area contributed by atoms with E-state index in [1.165, 1.54) is 7.11 Å². The second-order valence-electron chi connectivity index (χ2n) is 13.7. The number of cyclic esters (lactones) is 1. The molecule has 0 radical (unpaired) electrons. The molecule has 1 aromatic carbocycles. The topological polar surface area (TPSA) is 135 Å². The maximum absolute atomic E-state index is 14.7. The number of carbonyl (C=O) groups is 4. The van der Waals surface area contributed by atoms with Crippen molar-refractivity contribution in [3.8, 4) is 0 Å². The van der Waals surface area contributed by atoms with Crippen molar-refractivity contribution in [2.75, 3.05) is 33.4 Å². The number of allylic oxidation sites excluding steroid dienone is 1. The molecule has 7 atom stereocenters. The van der Waals surface area contributed by atoms with Gasteiger partial charge in [0.1, 0.15) is 23.7 Å². The van der Waals surface area contributed by atoms with E-state index in [1.807, 2.05) is 53.5 Å². The summed E-state index contributed by atoms with van der Waals surface area (Å²) in [4.78, 5) is 60.5. The monoisotopic (exact) mass is 663 g/mol. The fourth-order valence-corrected chi connectivity index (χ4v) is 8.44. The lowest BCUT2D eigenvalue weighted by atomic mass is 9.77. The number of ether oxygens (including phenoxy) is 3. The van der Waals surface area contributed by atoms with E-state index in [9.17, 15) is 24.3 Å².